The molecule has 0 saturated carbocycles. The Morgan fingerprint density at radius 3 is 2.78 bits per heavy atom. The van der Waals surface area contributed by atoms with Crippen molar-refractivity contribution in [1.82, 2.24) is 9.78 Å². The highest BCUT2D eigenvalue weighted by molar-refractivity contribution is 5.46. The van der Waals surface area contributed by atoms with Crippen molar-refractivity contribution in [3.05, 3.63) is 58.5 Å². The first-order chi connectivity index (χ1) is 11.2. The van der Waals surface area contributed by atoms with Gasteiger partial charge < -0.3 is 14.7 Å². The van der Waals surface area contributed by atoms with Crippen molar-refractivity contribution in [2.45, 2.75) is 25.1 Å². The molecule has 2 heterocycles. The summed E-state index contributed by atoms with van der Waals surface area (Å²) in [5.41, 5.74) is 1.62. The lowest BCUT2D eigenvalue weighted by Crippen LogP contribution is -2.34. The van der Waals surface area contributed by atoms with Gasteiger partial charge in [0.1, 0.15) is 0 Å². The number of aliphatic hydroxyl groups is 1. The summed E-state index contributed by atoms with van der Waals surface area (Å²) >= 11 is 0. The molecule has 3 rings (SSSR count). The maximum Gasteiger partial charge on any atom is 0.269 e. The molecule has 0 unspecified atom stereocenters. The van der Waals surface area contributed by atoms with E-state index in [0.717, 1.165) is 17.7 Å². The summed E-state index contributed by atoms with van der Waals surface area (Å²) in [6, 6.07) is 11.3. The average Bonchev–Trinajstić information content (AvgIpc) is 3.01. The van der Waals surface area contributed by atoms with Crippen LogP contribution in [0.1, 0.15) is 12.0 Å². The van der Waals surface area contributed by atoms with Crippen LogP contribution < -0.4 is 10.5 Å². The Labute approximate surface area is 134 Å². The standard InChI is InChI=1S/C17H21N3O3/c1-23-16-7-15(12-21)19(11-16)14-8-17(22)20(18-9-14)10-13-5-3-2-4-6-13/h2-6,8-9,15-16,21H,7,10-12H2,1H3/t15-,16+/m0/s1. The molecule has 2 atom stereocenters. The number of methoxy groups -OCH3 is 1. The Morgan fingerprint density at radius 1 is 1.35 bits per heavy atom. The molecule has 1 aromatic carbocycles. The molecule has 1 aliphatic heterocycles. The molecule has 1 N–H and O–H groups in total. The molecule has 6 nitrogen and oxygen atoms in total. The zero-order valence-electron chi connectivity index (χ0n) is 13.1. The summed E-state index contributed by atoms with van der Waals surface area (Å²) in [6.07, 6.45) is 2.50. The third-order valence-electron chi connectivity index (χ3n) is 4.28. The molecule has 0 bridgehead atoms. The van der Waals surface area contributed by atoms with Crippen molar-refractivity contribution < 1.29 is 9.84 Å². The third kappa shape index (κ3) is 3.43. The van der Waals surface area contributed by atoms with Gasteiger partial charge in [-0.25, -0.2) is 4.68 Å². The lowest BCUT2D eigenvalue weighted by molar-refractivity contribution is 0.115. The molecule has 0 aliphatic carbocycles. The molecular weight excluding hydrogens is 294 g/mol. The van der Waals surface area contributed by atoms with E-state index in [2.05, 4.69) is 5.10 Å². The molecule has 23 heavy (non-hydrogen) atoms. The summed E-state index contributed by atoms with van der Waals surface area (Å²) in [4.78, 5) is 14.3. The fourth-order valence-corrected chi connectivity index (χ4v) is 2.99. The van der Waals surface area contributed by atoms with Crippen LogP contribution in [0.25, 0.3) is 0 Å². The topological polar surface area (TPSA) is 67.6 Å². The Hall–Kier alpha value is -2.18. The van der Waals surface area contributed by atoms with Crippen LogP contribution in [0.3, 0.4) is 0 Å². The number of anilines is 1. The molecule has 0 radical (unpaired) electrons. The van der Waals surface area contributed by atoms with Gasteiger partial charge in [0.05, 0.1) is 37.2 Å². The smallest absolute Gasteiger partial charge is 0.269 e. The molecule has 1 aliphatic rings. The first-order valence-corrected chi connectivity index (χ1v) is 7.72. The number of hydrogen-bond acceptors (Lipinski definition) is 5. The number of ether oxygens (including phenoxy) is 1. The van der Waals surface area contributed by atoms with E-state index >= 15 is 0 Å². The van der Waals surface area contributed by atoms with Gasteiger partial charge in [0.15, 0.2) is 0 Å². The quantitative estimate of drug-likeness (QED) is 0.887. The van der Waals surface area contributed by atoms with E-state index in [-0.39, 0.29) is 24.3 Å². The molecule has 0 spiro atoms. The lowest BCUT2D eigenvalue weighted by Gasteiger charge is -2.24. The van der Waals surface area contributed by atoms with E-state index in [1.165, 1.54) is 4.68 Å². The zero-order valence-corrected chi connectivity index (χ0v) is 13.1. The predicted molar refractivity (Wildman–Crippen MR) is 87.7 cm³/mol. The SMILES string of the molecule is CO[C@@H]1C[C@@H](CO)N(c2cnn(Cc3ccccc3)c(=O)c2)C1. The van der Waals surface area contributed by atoms with Gasteiger partial charge in [-0.2, -0.15) is 5.10 Å². The molecular formula is C17H21N3O3. The Balaban J connectivity index is 1.80. The largest absolute Gasteiger partial charge is 0.394 e. The maximum absolute atomic E-state index is 12.3. The number of nitrogens with zero attached hydrogens (tertiary/aromatic N) is 3. The molecule has 1 saturated heterocycles. The lowest BCUT2D eigenvalue weighted by atomic mass is 10.2. The number of hydrogen-bond donors (Lipinski definition) is 1. The van der Waals surface area contributed by atoms with Crippen LogP contribution in [-0.4, -0.2) is 47.3 Å². The summed E-state index contributed by atoms with van der Waals surface area (Å²) in [5, 5.41) is 13.8. The minimum atomic E-state index is -0.149. The monoisotopic (exact) mass is 315 g/mol. The first-order valence-electron chi connectivity index (χ1n) is 7.72. The van der Waals surface area contributed by atoms with E-state index in [0.29, 0.717) is 13.1 Å². The summed E-state index contributed by atoms with van der Waals surface area (Å²) < 4.78 is 6.81. The second-order valence-electron chi connectivity index (χ2n) is 5.78. The van der Waals surface area contributed by atoms with Gasteiger partial charge in [0, 0.05) is 19.7 Å². The summed E-state index contributed by atoms with van der Waals surface area (Å²) in [5.74, 6) is 0. The van der Waals surface area contributed by atoms with E-state index in [1.54, 1.807) is 19.4 Å². The third-order valence-corrected chi connectivity index (χ3v) is 4.28. The van der Waals surface area contributed by atoms with E-state index in [1.807, 2.05) is 35.2 Å². The van der Waals surface area contributed by atoms with E-state index in [4.69, 9.17) is 4.74 Å². The minimum absolute atomic E-state index is 0.0347. The second kappa shape index (κ2) is 6.93. The summed E-state index contributed by atoms with van der Waals surface area (Å²) in [7, 11) is 1.67. The van der Waals surface area contributed by atoms with Crippen LogP contribution in [0.5, 0.6) is 0 Å². The van der Waals surface area contributed by atoms with Gasteiger partial charge in [0.2, 0.25) is 0 Å². The van der Waals surface area contributed by atoms with Crippen molar-refractivity contribution in [3.63, 3.8) is 0 Å². The fraction of sp³-hybridized carbons (Fsp3) is 0.412. The minimum Gasteiger partial charge on any atom is -0.394 e. The Kier molecular flexibility index (Phi) is 4.73. The van der Waals surface area contributed by atoms with Crippen LogP contribution in [0.15, 0.2) is 47.4 Å². The zero-order chi connectivity index (χ0) is 16.2. The summed E-state index contributed by atoms with van der Waals surface area (Å²) in [6.45, 7) is 1.14. The van der Waals surface area contributed by atoms with Crippen molar-refractivity contribution in [2.24, 2.45) is 0 Å². The Morgan fingerprint density at radius 2 is 2.13 bits per heavy atom. The molecule has 122 valence electrons. The molecule has 6 heteroatoms. The van der Waals surface area contributed by atoms with Gasteiger partial charge in [-0.1, -0.05) is 30.3 Å². The van der Waals surface area contributed by atoms with Gasteiger partial charge in [-0.15, -0.1) is 0 Å². The first kappa shape index (κ1) is 15.7. The number of aromatic nitrogens is 2. The second-order valence-corrected chi connectivity index (χ2v) is 5.78. The fourth-order valence-electron chi connectivity index (χ4n) is 2.99. The van der Waals surface area contributed by atoms with E-state index in [9.17, 15) is 9.90 Å². The van der Waals surface area contributed by atoms with Gasteiger partial charge in [-0.3, -0.25) is 4.79 Å². The van der Waals surface area contributed by atoms with Crippen LogP contribution in [-0.2, 0) is 11.3 Å². The highest BCUT2D eigenvalue weighted by atomic mass is 16.5. The number of rotatable bonds is 5. The Bertz CT molecular complexity index is 702. The van der Waals surface area contributed by atoms with Crippen LogP contribution in [0, 0.1) is 0 Å². The van der Waals surface area contributed by atoms with Gasteiger partial charge in [0.25, 0.3) is 5.56 Å². The predicted octanol–water partition coefficient (Wildman–Crippen LogP) is 0.878. The van der Waals surface area contributed by atoms with Gasteiger partial charge >= 0.3 is 0 Å². The van der Waals surface area contributed by atoms with Crippen molar-refractivity contribution in [2.75, 3.05) is 25.2 Å². The van der Waals surface area contributed by atoms with Crippen molar-refractivity contribution in [3.8, 4) is 0 Å². The number of benzene rings is 1. The number of aliphatic hydroxyl groups excluding tert-OH is 1. The van der Waals surface area contributed by atoms with Crippen LogP contribution in [0.2, 0.25) is 0 Å². The van der Waals surface area contributed by atoms with Gasteiger partial charge in [-0.05, 0) is 12.0 Å². The average molecular weight is 315 g/mol. The van der Waals surface area contributed by atoms with Crippen molar-refractivity contribution >= 4 is 5.69 Å². The molecule has 2 aromatic rings. The highest BCUT2D eigenvalue weighted by Crippen LogP contribution is 2.25. The van der Waals surface area contributed by atoms with Crippen molar-refractivity contribution in [1.29, 1.82) is 0 Å². The normalized spacial score (nSPS) is 20.9. The van der Waals surface area contributed by atoms with E-state index < -0.39 is 0 Å². The highest BCUT2D eigenvalue weighted by Gasteiger charge is 2.32. The van der Waals surface area contributed by atoms with Crippen LogP contribution >= 0.6 is 0 Å². The molecule has 0 amide bonds. The molecule has 1 fully saturated rings. The maximum atomic E-state index is 12.3. The van der Waals surface area contributed by atoms with Crippen LogP contribution in [0.4, 0.5) is 5.69 Å². The molecule has 1 aromatic heterocycles.